The summed E-state index contributed by atoms with van der Waals surface area (Å²) < 4.78 is 6.10. The van der Waals surface area contributed by atoms with E-state index in [-0.39, 0.29) is 37.0 Å². The van der Waals surface area contributed by atoms with Crippen molar-refractivity contribution in [3.05, 3.63) is 69.9 Å². The SMILES string of the molecule is COc1c(CN2O[C@@H](CO)[C@@H]([C@H](C)O)[C@H]2C(=O)N[C@H]2C[C@@H](C(C)C)CC[C@@H]2C)cccc1-c1cc(C(=O)N[C@@H](Cc2cccs2)CN(C)C)cc(N(C)C)c1. The highest BCUT2D eigenvalue weighted by molar-refractivity contribution is 7.09. The highest BCUT2D eigenvalue weighted by Gasteiger charge is 2.50. The molecule has 302 valence electrons. The van der Waals surface area contributed by atoms with Crippen LogP contribution >= 0.6 is 11.3 Å². The molecule has 0 radical (unpaired) electrons. The summed E-state index contributed by atoms with van der Waals surface area (Å²) in [5.74, 6) is 0.959. The fourth-order valence-electron chi connectivity index (χ4n) is 8.35. The average Bonchev–Trinajstić information content (AvgIpc) is 3.79. The first-order valence-electron chi connectivity index (χ1n) is 19.7. The minimum Gasteiger partial charge on any atom is -0.496 e. The molecule has 55 heavy (non-hydrogen) atoms. The van der Waals surface area contributed by atoms with E-state index >= 15 is 0 Å². The normalized spacial score (nSPS) is 24.2. The van der Waals surface area contributed by atoms with Crippen LogP contribution in [0.25, 0.3) is 11.1 Å². The Morgan fingerprint density at radius 2 is 1.84 bits per heavy atom. The van der Waals surface area contributed by atoms with Crippen LogP contribution in [0.15, 0.2) is 53.9 Å². The zero-order valence-corrected chi connectivity index (χ0v) is 34.9. The largest absolute Gasteiger partial charge is 0.496 e. The molecule has 2 aromatic carbocycles. The number of likely N-dealkylation sites (N-methyl/N-ethyl adjacent to an activating group) is 1. The van der Waals surface area contributed by atoms with Crippen molar-refractivity contribution in [1.82, 2.24) is 20.6 Å². The molecule has 2 heterocycles. The number of hydroxylamine groups is 2. The van der Waals surface area contributed by atoms with E-state index in [4.69, 9.17) is 9.57 Å². The molecule has 8 atom stereocenters. The van der Waals surface area contributed by atoms with E-state index in [0.29, 0.717) is 35.6 Å². The van der Waals surface area contributed by atoms with E-state index in [1.807, 2.05) is 75.6 Å². The first-order chi connectivity index (χ1) is 26.2. The maximum Gasteiger partial charge on any atom is 0.251 e. The van der Waals surface area contributed by atoms with Crippen LogP contribution in [0.2, 0.25) is 0 Å². The number of para-hydroxylation sites is 1. The summed E-state index contributed by atoms with van der Waals surface area (Å²) in [5, 5.41) is 31.6. The molecule has 1 aliphatic heterocycles. The highest BCUT2D eigenvalue weighted by atomic mass is 32.1. The number of methoxy groups -OCH3 is 1. The number of aliphatic hydroxyl groups is 2. The minimum absolute atomic E-state index is 0.0143. The van der Waals surface area contributed by atoms with E-state index < -0.39 is 24.2 Å². The van der Waals surface area contributed by atoms with Crippen LogP contribution in [0.1, 0.15) is 67.8 Å². The summed E-state index contributed by atoms with van der Waals surface area (Å²) in [6, 6.07) is 14.9. The number of ether oxygens (including phenoxy) is 1. The third kappa shape index (κ3) is 10.5. The lowest BCUT2D eigenvalue weighted by Crippen LogP contribution is -2.53. The summed E-state index contributed by atoms with van der Waals surface area (Å²) >= 11 is 1.69. The van der Waals surface area contributed by atoms with Crippen LogP contribution in [0, 0.1) is 23.7 Å². The van der Waals surface area contributed by atoms with E-state index in [2.05, 4.69) is 47.8 Å². The lowest BCUT2D eigenvalue weighted by Gasteiger charge is -2.38. The third-order valence-corrected chi connectivity index (χ3v) is 12.4. The second-order valence-corrected chi connectivity index (χ2v) is 17.5. The number of aliphatic hydroxyl groups excluding tert-OH is 2. The van der Waals surface area contributed by atoms with Gasteiger partial charge in [-0.1, -0.05) is 45.0 Å². The van der Waals surface area contributed by atoms with Crippen molar-refractivity contribution in [2.75, 3.05) is 53.4 Å². The van der Waals surface area contributed by atoms with Gasteiger partial charge in [-0.05, 0) is 93.2 Å². The van der Waals surface area contributed by atoms with Gasteiger partial charge >= 0.3 is 0 Å². The van der Waals surface area contributed by atoms with Crippen molar-refractivity contribution in [2.45, 2.75) is 90.3 Å². The first kappa shape index (κ1) is 42.6. The van der Waals surface area contributed by atoms with Crippen LogP contribution < -0.4 is 20.3 Å². The maximum atomic E-state index is 14.3. The molecule has 0 bridgehead atoms. The van der Waals surface area contributed by atoms with Crippen LogP contribution in [-0.2, 0) is 22.6 Å². The number of amides is 2. The quantitative estimate of drug-likeness (QED) is 0.151. The van der Waals surface area contributed by atoms with Crippen LogP contribution in [0.4, 0.5) is 5.69 Å². The molecular formula is C43H63N5O6S. The van der Waals surface area contributed by atoms with Crippen molar-refractivity contribution in [3.63, 3.8) is 0 Å². The predicted octanol–water partition coefficient (Wildman–Crippen LogP) is 5.44. The molecule has 11 nitrogen and oxygen atoms in total. The fourth-order valence-corrected chi connectivity index (χ4v) is 9.14. The van der Waals surface area contributed by atoms with Crippen molar-refractivity contribution in [3.8, 4) is 16.9 Å². The van der Waals surface area contributed by atoms with Crippen molar-refractivity contribution >= 4 is 28.8 Å². The molecule has 3 aromatic rings. The topological polar surface area (TPSA) is 127 Å². The Hall–Kier alpha value is -3.52. The summed E-state index contributed by atoms with van der Waals surface area (Å²) in [4.78, 5) is 39.8. The van der Waals surface area contributed by atoms with Gasteiger partial charge in [0.15, 0.2) is 0 Å². The Balaban J connectivity index is 1.45. The highest BCUT2D eigenvalue weighted by Crippen LogP contribution is 2.40. The number of nitrogens with zero attached hydrogens (tertiary/aromatic N) is 3. The summed E-state index contributed by atoms with van der Waals surface area (Å²) in [7, 11) is 9.52. The molecule has 1 aromatic heterocycles. The van der Waals surface area contributed by atoms with Gasteiger partial charge in [-0.25, -0.2) is 0 Å². The number of anilines is 1. The number of benzene rings is 2. The monoisotopic (exact) mass is 777 g/mol. The third-order valence-electron chi connectivity index (χ3n) is 11.5. The minimum atomic E-state index is -0.903. The van der Waals surface area contributed by atoms with Crippen molar-refractivity contribution < 1.29 is 29.4 Å². The smallest absolute Gasteiger partial charge is 0.251 e. The van der Waals surface area contributed by atoms with Gasteiger partial charge in [-0.15, -0.1) is 11.3 Å². The Morgan fingerprint density at radius 1 is 1.07 bits per heavy atom. The molecule has 12 heteroatoms. The van der Waals surface area contributed by atoms with E-state index in [0.717, 1.165) is 48.1 Å². The maximum absolute atomic E-state index is 14.3. The Morgan fingerprint density at radius 3 is 2.45 bits per heavy atom. The molecule has 1 saturated heterocycles. The molecule has 2 aliphatic rings. The standard InChI is InChI=1S/C43H63N5O6S/c1-26(2)29-16-15-27(3)37(21-29)45-43(52)40-39(28(4)50)38(25-49)54-48(40)23-30-12-10-14-36(41(30)53-9)31-18-32(20-34(19-31)47(7)8)42(51)44-33(24-46(5)6)22-35-13-11-17-55-35/h10-14,17-20,26-29,33,37-40,49-50H,15-16,21-25H2,1-9H3,(H,44,51)(H,45,52)/t27-,28-,29-,33-,37-,38-,39+,40-/m0/s1. The number of carbonyl (C=O) groups excluding carboxylic acids is 2. The first-order valence-corrected chi connectivity index (χ1v) is 20.6. The number of thiophene rings is 1. The summed E-state index contributed by atoms with van der Waals surface area (Å²) in [5.41, 5.74) is 3.73. The predicted molar refractivity (Wildman–Crippen MR) is 220 cm³/mol. The molecule has 1 aliphatic carbocycles. The molecule has 2 fully saturated rings. The van der Waals surface area contributed by atoms with Crippen molar-refractivity contribution in [1.29, 1.82) is 0 Å². The zero-order chi connectivity index (χ0) is 40.0. The van der Waals surface area contributed by atoms with Gasteiger partial charge in [0.1, 0.15) is 17.9 Å². The van der Waals surface area contributed by atoms with Crippen LogP contribution in [0.5, 0.6) is 5.75 Å². The van der Waals surface area contributed by atoms with Crippen molar-refractivity contribution in [2.24, 2.45) is 23.7 Å². The lowest BCUT2D eigenvalue weighted by atomic mass is 9.74. The second-order valence-electron chi connectivity index (χ2n) is 16.5. The fraction of sp³-hybridized carbons (Fsp3) is 0.581. The van der Waals surface area contributed by atoms with E-state index in [9.17, 15) is 19.8 Å². The Bertz CT molecular complexity index is 1720. The number of rotatable bonds is 16. The molecule has 5 rings (SSSR count). The average molecular weight is 778 g/mol. The van der Waals surface area contributed by atoms with Gasteiger partial charge < -0.3 is 35.4 Å². The Kier molecular flexibility index (Phi) is 14.8. The van der Waals surface area contributed by atoms with Gasteiger partial charge in [0.25, 0.3) is 5.91 Å². The summed E-state index contributed by atoms with van der Waals surface area (Å²) in [6.07, 6.45) is 2.18. The number of hydrogen-bond donors (Lipinski definition) is 4. The van der Waals surface area contributed by atoms with Gasteiger partial charge in [-0.3, -0.25) is 14.4 Å². The number of hydrogen-bond acceptors (Lipinski definition) is 10. The van der Waals surface area contributed by atoms with Gasteiger partial charge in [0, 0.05) is 72.3 Å². The van der Waals surface area contributed by atoms with Gasteiger partial charge in [-0.2, -0.15) is 5.06 Å². The second kappa shape index (κ2) is 19.1. The molecule has 2 amide bonds. The van der Waals surface area contributed by atoms with Crippen LogP contribution in [-0.4, -0.2) is 111 Å². The molecule has 4 N–H and O–H groups in total. The molecular weight excluding hydrogens is 715 g/mol. The molecule has 0 unspecified atom stereocenters. The van der Waals surface area contributed by atoms with Gasteiger partial charge in [0.05, 0.1) is 26.4 Å². The van der Waals surface area contributed by atoms with E-state index in [1.54, 1.807) is 30.4 Å². The lowest BCUT2D eigenvalue weighted by molar-refractivity contribution is -0.182. The number of nitrogens with one attached hydrogen (secondary N) is 2. The molecule has 0 spiro atoms. The summed E-state index contributed by atoms with van der Waals surface area (Å²) in [6.45, 7) is 8.84. The van der Waals surface area contributed by atoms with Gasteiger partial charge in [0.2, 0.25) is 5.91 Å². The number of carbonyl (C=O) groups is 2. The molecule has 1 saturated carbocycles. The zero-order valence-electron chi connectivity index (χ0n) is 34.1. The van der Waals surface area contributed by atoms with E-state index in [1.165, 1.54) is 4.88 Å². The van der Waals surface area contributed by atoms with Crippen LogP contribution in [0.3, 0.4) is 0 Å². The Labute approximate surface area is 331 Å².